The first-order valence-corrected chi connectivity index (χ1v) is 7.61. The number of thiocarbonyl (C=S) groups is 1. The van der Waals surface area contributed by atoms with E-state index < -0.39 is 11.8 Å². The molecule has 5 nitrogen and oxygen atoms in total. The Hall–Kier alpha value is -2.80. The summed E-state index contributed by atoms with van der Waals surface area (Å²) >= 11 is 5.10. The number of carbonyl (C=O) groups is 2. The number of aromatic nitrogens is 1. The van der Waals surface area contributed by atoms with Crippen LogP contribution in [0.1, 0.15) is 11.3 Å². The summed E-state index contributed by atoms with van der Waals surface area (Å²) in [6.07, 6.45) is 3.34. The molecule has 0 saturated carbocycles. The number of carbonyl (C=O) groups excluding carboxylic acids is 2. The van der Waals surface area contributed by atoms with Crippen LogP contribution in [0.15, 0.2) is 48.2 Å². The fraction of sp³-hybridized carbons (Fsp3) is 0.118. The van der Waals surface area contributed by atoms with E-state index in [4.69, 9.17) is 12.2 Å². The maximum Gasteiger partial charge on any atom is 0.266 e. The Morgan fingerprint density at radius 2 is 1.92 bits per heavy atom. The van der Waals surface area contributed by atoms with Crippen LogP contribution in [0.4, 0.5) is 4.39 Å². The molecule has 7 heteroatoms. The van der Waals surface area contributed by atoms with E-state index in [-0.39, 0.29) is 23.0 Å². The molecule has 2 aromatic rings. The zero-order valence-electron chi connectivity index (χ0n) is 12.8. The fourth-order valence-electron chi connectivity index (χ4n) is 2.38. The van der Waals surface area contributed by atoms with Crippen molar-refractivity contribution in [3.63, 3.8) is 0 Å². The first-order chi connectivity index (χ1) is 11.5. The number of halogens is 1. The van der Waals surface area contributed by atoms with Crippen LogP contribution in [-0.2, 0) is 23.2 Å². The summed E-state index contributed by atoms with van der Waals surface area (Å²) in [4.78, 5) is 26.1. The molecule has 3 rings (SSSR count). The molecule has 0 bridgehead atoms. The van der Waals surface area contributed by atoms with Crippen molar-refractivity contribution < 1.29 is 14.0 Å². The van der Waals surface area contributed by atoms with E-state index in [0.717, 1.165) is 5.69 Å². The van der Waals surface area contributed by atoms with Gasteiger partial charge in [-0.15, -0.1) is 0 Å². The van der Waals surface area contributed by atoms with Crippen molar-refractivity contribution in [1.82, 2.24) is 14.8 Å². The third kappa shape index (κ3) is 3.11. The molecule has 1 aliphatic rings. The van der Waals surface area contributed by atoms with E-state index in [1.165, 1.54) is 23.1 Å². The molecule has 1 aromatic heterocycles. The molecule has 0 aliphatic carbocycles. The minimum Gasteiger partial charge on any atom is -0.351 e. The van der Waals surface area contributed by atoms with Crippen molar-refractivity contribution in [1.29, 1.82) is 0 Å². The number of amides is 2. The Balaban J connectivity index is 1.90. The van der Waals surface area contributed by atoms with Gasteiger partial charge < -0.3 is 4.57 Å². The van der Waals surface area contributed by atoms with Gasteiger partial charge in [0.05, 0.1) is 6.54 Å². The third-order valence-corrected chi connectivity index (χ3v) is 4.04. The molecule has 24 heavy (non-hydrogen) atoms. The van der Waals surface area contributed by atoms with E-state index in [9.17, 15) is 14.0 Å². The summed E-state index contributed by atoms with van der Waals surface area (Å²) in [5.41, 5.74) is 1.44. The number of nitrogens with zero attached hydrogens (tertiary/aromatic N) is 2. The van der Waals surface area contributed by atoms with Crippen LogP contribution in [0.25, 0.3) is 6.08 Å². The van der Waals surface area contributed by atoms with Crippen molar-refractivity contribution in [2.75, 3.05) is 0 Å². The van der Waals surface area contributed by atoms with Crippen LogP contribution in [0.5, 0.6) is 0 Å². The molecule has 1 saturated heterocycles. The molecular formula is C17H14FN3O2S. The van der Waals surface area contributed by atoms with Gasteiger partial charge in [-0.1, -0.05) is 12.1 Å². The van der Waals surface area contributed by atoms with Crippen molar-refractivity contribution in [3.8, 4) is 0 Å². The van der Waals surface area contributed by atoms with Gasteiger partial charge in [0.2, 0.25) is 0 Å². The number of hydrogen-bond acceptors (Lipinski definition) is 3. The lowest BCUT2D eigenvalue weighted by Crippen LogP contribution is -2.53. The quantitative estimate of drug-likeness (QED) is 0.527. The van der Waals surface area contributed by atoms with Gasteiger partial charge in [-0.05, 0) is 48.1 Å². The highest BCUT2D eigenvalue weighted by molar-refractivity contribution is 7.80. The van der Waals surface area contributed by atoms with Gasteiger partial charge in [-0.3, -0.25) is 19.8 Å². The van der Waals surface area contributed by atoms with Crippen LogP contribution < -0.4 is 5.32 Å². The Labute approximate surface area is 143 Å². The standard InChI is InChI=1S/C17H14FN3O2S/c1-20-8-2-3-13(20)9-14-15(22)19-17(24)21(16(14)23)10-11-4-6-12(18)7-5-11/h2-9H,10H2,1H3,(H,19,22,24). The van der Waals surface area contributed by atoms with Gasteiger partial charge in [-0.25, -0.2) is 4.39 Å². The zero-order valence-corrected chi connectivity index (χ0v) is 13.6. The molecule has 2 amide bonds. The van der Waals surface area contributed by atoms with Crippen LogP contribution in [0.2, 0.25) is 0 Å². The topological polar surface area (TPSA) is 54.3 Å². The summed E-state index contributed by atoms with van der Waals surface area (Å²) in [6, 6.07) is 9.38. The van der Waals surface area contributed by atoms with Crippen LogP contribution in [0.3, 0.4) is 0 Å². The zero-order chi connectivity index (χ0) is 17.3. The molecule has 0 atom stereocenters. The molecule has 122 valence electrons. The minimum atomic E-state index is -0.526. The van der Waals surface area contributed by atoms with Crippen LogP contribution >= 0.6 is 12.2 Å². The lowest BCUT2D eigenvalue weighted by Gasteiger charge is -2.29. The van der Waals surface area contributed by atoms with Gasteiger partial charge in [0.25, 0.3) is 11.8 Å². The second-order valence-corrected chi connectivity index (χ2v) is 5.77. The number of rotatable bonds is 3. The van der Waals surface area contributed by atoms with Gasteiger partial charge in [0.1, 0.15) is 11.4 Å². The van der Waals surface area contributed by atoms with E-state index in [1.807, 2.05) is 19.3 Å². The average Bonchev–Trinajstić information content (AvgIpc) is 2.95. The van der Waals surface area contributed by atoms with Gasteiger partial charge in [-0.2, -0.15) is 0 Å². The first-order valence-electron chi connectivity index (χ1n) is 7.20. The third-order valence-electron chi connectivity index (χ3n) is 3.72. The van der Waals surface area contributed by atoms with Crippen LogP contribution in [-0.4, -0.2) is 26.4 Å². The highest BCUT2D eigenvalue weighted by Gasteiger charge is 2.33. The minimum absolute atomic E-state index is 0.00696. The molecule has 1 N–H and O–H groups in total. The predicted molar refractivity (Wildman–Crippen MR) is 91.1 cm³/mol. The highest BCUT2D eigenvalue weighted by atomic mass is 32.1. The molecule has 0 spiro atoms. The largest absolute Gasteiger partial charge is 0.351 e. The van der Waals surface area contributed by atoms with Gasteiger partial charge in [0.15, 0.2) is 5.11 Å². The second-order valence-electron chi connectivity index (χ2n) is 5.38. The summed E-state index contributed by atoms with van der Waals surface area (Å²) in [5.74, 6) is -1.36. The van der Waals surface area contributed by atoms with Crippen molar-refractivity contribution in [2.24, 2.45) is 7.05 Å². The second kappa shape index (κ2) is 6.37. The Kier molecular flexibility index (Phi) is 4.26. The Morgan fingerprint density at radius 1 is 1.21 bits per heavy atom. The van der Waals surface area contributed by atoms with Gasteiger partial charge in [0, 0.05) is 18.9 Å². The smallest absolute Gasteiger partial charge is 0.266 e. The maximum absolute atomic E-state index is 13.0. The summed E-state index contributed by atoms with van der Waals surface area (Å²) < 4.78 is 14.8. The van der Waals surface area contributed by atoms with E-state index in [2.05, 4.69) is 5.32 Å². The average molecular weight is 343 g/mol. The van der Waals surface area contributed by atoms with E-state index in [0.29, 0.717) is 5.56 Å². The SMILES string of the molecule is Cn1cccc1C=C1C(=O)NC(=S)N(Cc2ccc(F)cc2)C1=O. The lowest BCUT2D eigenvalue weighted by molar-refractivity contribution is -0.129. The Morgan fingerprint density at radius 3 is 2.54 bits per heavy atom. The van der Waals surface area contributed by atoms with Crippen molar-refractivity contribution >= 4 is 35.2 Å². The Bertz CT molecular complexity index is 855. The monoisotopic (exact) mass is 343 g/mol. The molecule has 0 radical (unpaired) electrons. The van der Waals surface area contributed by atoms with Crippen molar-refractivity contribution in [2.45, 2.75) is 6.54 Å². The molecule has 1 fully saturated rings. The number of aryl methyl sites for hydroxylation is 1. The molecule has 1 aromatic carbocycles. The molecular weight excluding hydrogens is 329 g/mol. The maximum atomic E-state index is 13.0. The predicted octanol–water partition coefficient (Wildman–Crippen LogP) is 1.99. The first kappa shape index (κ1) is 16.1. The normalized spacial score (nSPS) is 16.7. The highest BCUT2D eigenvalue weighted by Crippen LogP contribution is 2.17. The molecule has 1 aliphatic heterocycles. The summed E-state index contributed by atoms with van der Waals surface area (Å²) in [6.45, 7) is 0.155. The number of nitrogens with one attached hydrogen (secondary N) is 1. The summed E-state index contributed by atoms with van der Waals surface area (Å²) in [5, 5.41) is 2.56. The lowest BCUT2D eigenvalue weighted by atomic mass is 10.1. The molecule has 2 heterocycles. The van der Waals surface area contributed by atoms with Crippen LogP contribution in [0, 0.1) is 5.82 Å². The van der Waals surface area contributed by atoms with Crippen molar-refractivity contribution in [3.05, 3.63) is 65.2 Å². The number of hydrogen-bond donors (Lipinski definition) is 1. The molecule has 0 unspecified atom stereocenters. The fourth-order valence-corrected chi connectivity index (χ4v) is 2.62. The summed E-state index contributed by atoms with van der Waals surface area (Å²) in [7, 11) is 1.82. The van der Waals surface area contributed by atoms with Gasteiger partial charge >= 0.3 is 0 Å². The number of benzene rings is 1. The van der Waals surface area contributed by atoms with E-state index in [1.54, 1.807) is 22.8 Å². The van der Waals surface area contributed by atoms with E-state index >= 15 is 0 Å².